The molecule has 2 aromatic heterocycles. The van der Waals surface area contributed by atoms with E-state index < -0.39 is 0 Å². The predicted octanol–water partition coefficient (Wildman–Crippen LogP) is 4.15. The van der Waals surface area contributed by atoms with Gasteiger partial charge in [-0.05, 0) is 61.7 Å². The first-order valence-electron chi connectivity index (χ1n) is 7.92. The van der Waals surface area contributed by atoms with Gasteiger partial charge in [-0.15, -0.1) is 0 Å². The molecule has 2 N–H and O–H groups in total. The van der Waals surface area contributed by atoms with Crippen LogP contribution >= 0.6 is 0 Å². The highest BCUT2D eigenvalue weighted by Crippen LogP contribution is 2.19. The fourth-order valence-electron chi connectivity index (χ4n) is 2.59. The molecule has 5 heteroatoms. The van der Waals surface area contributed by atoms with Crippen LogP contribution in [0.15, 0.2) is 48.8 Å². The molecule has 0 bridgehead atoms. The van der Waals surface area contributed by atoms with Crippen molar-refractivity contribution in [3.63, 3.8) is 0 Å². The fourth-order valence-corrected chi connectivity index (χ4v) is 2.59. The van der Waals surface area contributed by atoms with Crippen LogP contribution in [0, 0.1) is 20.8 Å². The molecule has 0 fully saturated rings. The Balaban J connectivity index is 1.76. The lowest BCUT2D eigenvalue weighted by molar-refractivity contribution is 1.03. The summed E-state index contributed by atoms with van der Waals surface area (Å²) in [6.45, 7) is 6.80. The van der Waals surface area contributed by atoms with Gasteiger partial charge in [0, 0.05) is 36.4 Å². The van der Waals surface area contributed by atoms with Crippen LogP contribution in [0.3, 0.4) is 0 Å². The lowest BCUT2D eigenvalue weighted by atomic mass is 10.1. The Morgan fingerprint density at radius 1 is 0.875 bits per heavy atom. The Hall–Kier alpha value is -2.95. The highest BCUT2D eigenvalue weighted by atomic mass is 15.1. The number of benzene rings is 1. The van der Waals surface area contributed by atoms with Gasteiger partial charge in [0.2, 0.25) is 5.95 Å². The second kappa shape index (κ2) is 7.08. The van der Waals surface area contributed by atoms with Crippen LogP contribution in [0.25, 0.3) is 0 Å². The van der Waals surface area contributed by atoms with Gasteiger partial charge in [-0.3, -0.25) is 4.98 Å². The van der Waals surface area contributed by atoms with Crippen LogP contribution in [0.5, 0.6) is 0 Å². The number of hydrogen-bond acceptors (Lipinski definition) is 5. The van der Waals surface area contributed by atoms with Gasteiger partial charge in [-0.2, -0.15) is 4.98 Å². The lowest BCUT2D eigenvalue weighted by Crippen LogP contribution is -2.06. The second-order valence-electron chi connectivity index (χ2n) is 5.93. The van der Waals surface area contributed by atoms with Gasteiger partial charge in [-0.25, -0.2) is 4.98 Å². The molecule has 0 radical (unpaired) electrons. The first-order valence-corrected chi connectivity index (χ1v) is 7.92. The molecule has 5 nitrogen and oxygen atoms in total. The van der Waals surface area contributed by atoms with Crippen molar-refractivity contribution in [2.24, 2.45) is 0 Å². The van der Waals surface area contributed by atoms with Crippen molar-refractivity contribution in [2.45, 2.75) is 27.3 Å². The van der Waals surface area contributed by atoms with Gasteiger partial charge in [0.15, 0.2) is 0 Å². The monoisotopic (exact) mass is 319 g/mol. The van der Waals surface area contributed by atoms with E-state index in [1.165, 1.54) is 11.1 Å². The Kier molecular flexibility index (Phi) is 4.70. The summed E-state index contributed by atoms with van der Waals surface area (Å²) >= 11 is 0. The zero-order valence-electron chi connectivity index (χ0n) is 14.2. The van der Waals surface area contributed by atoms with Crippen molar-refractivity contribution in [1.82, 2.24) is 15.0 Å². The molecule has 0 saturated carbocycles. The summed E-state index contributed by atoms with van der Waals surface area (Å²) in [4.78, 5) is 13.0. The first kappa shape index (κ1) is 15.9. The number of hydrogen-bond donors (Lipinski definition) is 2. The largest absolute Gasteiger partial charge is 0.350 e. The second-order valence-corrected chi connectivity index (χ2v) is 5.93. The highest BCUT2D eigenvalue weighted by molar-refractivity contribution is 5.59. The Morgan fingerprint density at radius 3 is 2.29 bits per heavy atom. The average Bonchev–Trinajstić information content (AvgIpc) is 2.52. The van der Waals surface area contributed by atoms with Crippen molar-refractivity contribution in [1.29, 1.82) is 0 Å². The van der Waals surface area contributed by atoms with Gasteiger partial charge in [0.1, 0.15) is 5.82 Å². The maximum Gasteiger partial charge on any atom is 0.225 e. The zero-order chi connectivity index (χ0) is 16.9. The number of rotatable bonds is 5. The minimum Gasteiger partial charge on any atom is -0.350 e. The average molecular weight is 319 g/mol. The summed E-state index contributed by atoms with van der Waals surface area (Å²) in [5, 5.41) is 6.62. The van der Waals surface area contributed by atoms with E-state index in [1.807, 2.05) is 25.1 Å². The molecule has 1 aromatic carbocycles. The Bertz CT molecular complexity index is 810. The maximum atomic E-state index is 4.55. The summed E-state index contributed by atoms with van der Waals surface area (Å²) in [6, 6.07) is 12.2. The molecule has 0 aliphatic carbocycles. The number of aromatic nitrogens is 3. The molecule has 0 amide bonds. The van der Waals surface area contributed by atoms with E-state index in [1.54, 1.807) is 12.4 Å². The summed E-state index contributed by atoms with van der Waals surface area (Å²) in [7, 11) is 0. The number of nitrogens with one attached hydrogen (secondary N) is 2. The normalized spacial score (nSPS) is 10.5. The quantitative estimate of drug-likeness (QED) is 0.739. The van der Waals surface area contributed by atoms with Crippen molar-refractivity contribution in [3.8, 4) is 0 Å². The van der Waals surface area contributed by atoms with Crippen molar-refractivity contribution < 1.29 is 0 Å². The molecule has 0 spiro atoms. The molecule has 0 aliphatic heterocycles. The SMILES string of the molecule is Cc1cc(C)cc(Nc2cc(C)nc(NCc3ccncc3)n2)c1. The maximum absolute atomic E-state index is 4.55. The number of nitrogens with zero attached hydrogens (tertiary/aromatic N) is 3. The van der Waals surface area contributed by atoms with Gasteiger partial charge in [0.05, 0.1) is 0 Å². The molecule has 0 atom stereocenters. The third-order valence-corrected chi connectivity index (χ3v) is 3.55. The predicted molar refractivity (Wildman–Crippen MR) is 97.5 cm³/mol. The molecular weight excluding hydrogens is 298 g/mol. The number of aryl methyl sites for hydroxylation is 3. The molecule has 24 heavy (non-hydrogen) atoms. The number of pyridine rings is 1. The van der Waals surface area contributed by atoms with Crippen molar-refractivity contribution >= 4 is 17.5 Å². The minimum atomic E-state index is 0.610. The van der Waals surface area contributed by atoms with Crippen molar-refractivity contribution in [2.75, 3.05) is 10.6 Å². The molecule has 0 saturated heterocycles. The lowest BCUT2D eigenvalue weighted by Gasteiger charge is -2.11. The van der Waals surface area contributed by atoms with Gasteiger partial charge >= 0.3 is 0 Å². The van der Waals surface area contributed by atoms with Crippen LogP contribution in [0.1, 0.15) is 22.4 Å². The van der Waals surface area contributed by atoms with E-state index >= 15 is 0 Å². The van der Waals surface area contributed by atoms with E-state index in [0.717, 1.165) is 22.8 Å². The van der Waals surface area contributed by atoms with Gasteiger partial charge < -0.3 is 10.6 Å². The Morgan fingerprint density at radius 2 is 1.58 bits per heavy atom. The topological polar surface area (TPSA) is 62.7 Å². The smallest absolute Gasteiger partial charge is 0.225 e. The standard InChI is InChI=1S/C19H21N5/c1-13-8-14(2)10-17(9-13)23-18-11-15(3)22-19(24-18)21-12-16-4-6-20-7-5-16/h4-11H,12H2,1-3H3,(H2,21,22,23,24). The van der Waals surface area contributed by atoms with Crippen LogP contribution in [0.4, 0.5) is 17.5 Å². The number of anilines is 3. The van der Waals surface area contributed by atoms with E-state index in [-0.39, 0.29) is 0 Å². The van der Waals surface area contributed by atoms with Crippen LogP contribution in [-0.2, 0) is 6.54 Å². The molecule has 0 aliphatic rings. The summed E-state index contributed by atoms with van der Waals surface area (Å²) < 4.78 is 0. The Labute approximate surface area is 142 Å². The summed E-state index contributed by atoms with van der Waals surface area (Å²) in [6.07, 6.45) is 3.56. The summed E-state index contributed by atoms with van der Waals surface area (Å²) in [5.41, 5.74) is 5.53. The van der Waals surface area contributed by atoms with E-state index in [4.69, 9.17) is 0 Å². The van der Waals surface area contributed by atoms with Gasteiger partial charge in [0.25, 0.3) is 0 Å². The van der Waals surface area contributed by atoms with Crippen LogP contribution in [-0.4, -0.2) is 15.0 Å². The van der Waals surface area contributed by atoms with E-state index in [2.05, 4.69) is 57.6 Å². The van der Waals surface area contributed by atoms with Crippen LogP contribution < -0.4 is 10.6 Å². The van der Waals surface area contributed by atoms with Crippen molar-refractivity contribution in [3.05, 3.63) is 71.2 Å². The summed E-state index contributed by atoms with van der Waals surface area (Å²) in [5.74, 6) is 1.39. The highest BCUT2D eigenvalue weighted by Gasteiger charge is 2.04. The molecular formula is C19H21N5. The molecule has 122 valence electrons. The molecule has 2 heterocycles. The molecule has 3 aromatic rings. The minimum absolute atomic E-state index is 0.610. The third-order valence-electron chi connectivity index (χ3n) is 3.55. The zero-order valence-corrected chi connectivity index (χ0v) is 14.2. The fraction of sp³-hybridized carbons (Fsp3) is 0.211. The van der Waals surface area contributed by atoms with E-state index in [9.17, 15) is 0 Å². The van der Waals surface area contributed by atoms with Gasteiger partial charge in [-0.1, -0.05) is 6.07 Å². The van der Waals surface area contributed by atoms with Crippen LogP contribution in [0.2, 0.25) is 0 Å². The molecule has 0 unspecified atom stereocenters. The molecule has 3 rings (SSSR count). The first-order chi connectivity index (χ1) is 11.6. The van der Waals surface area contributed by atoms with E-state index in [0.29, 0.717) is 12.5 Å². The third kappa shape index (κ3) is 4.29.